The van der Waals surface area contributed by atoms with Crippen LogP contribution in [-0.4, -0.2) is 22.7 Å². The van der Waals surface area contributed by atoms with Gasteiger partial charge in [-0.25, -0.2) is 4.79 Å². The lowest BCUT2D eigenvalue weighted by molar-refractivity contribution is 0.262. The molecule has 0 radical (unpaired) electrons. The number of carbonyl (C=O) groups excluding carboxylic acids is 1. The van der Waals surface area contributed by atoms with Crippen molar-refractivity contribution in [1.29, 1.82) is 0 Å². The fraction of sp³-hybridized carbons (Fsp3) is 0.130. The van der Waals surface area contributed by atoms with E-state index in [2.05, 4.69) is 54.9 Å². The molecule has 2 amide bonds. The maximum absolute atomic E-state index is 12.8. The zero-order chi connectivity index (χ0) is 22.0. The number of hydrogen-bond acceptors (Lipinski definition) is 3. The smallest absolute Gasteiger partial charge is 0.323 e. The van der Waals surface area contributed by atoms with Crippen molar-refractivity contribution < 1.29 is 9.53 Å². The van der Waals surface area contributed by atoms with Crippen molar-refractivity contribution in [1.82, 2.24) is 9.55 Å². The Kier molecular flexibility index (Phi) is 6.33. The van der Waals surface area contributed by atoms with Crippen molar-refractivity contribution in [2.24, 2.45) is 0 Å². The zero-order valence-electron chi connectivity index (χ0n) is 16.9. The molecule has 0 bridgehead atoms. The van der Waals surface area contributed by atoms with Crippen LogP contribution in [0.25, 0.3) is 10.9 Å². The van der Waals surface area contributed by atoms with Crippen molar-refractivity contribution >= 4 is 62.5 Å². The van der Waals surface area contributed by atoms with Gasteiger partial charge in [0.15, 0.2) is 0 Å². The molecular weight excluding hydrogens is 527 g/mol. The molecule has 0 aliphatic heterocycles. The molecule has 0 fully saturated rings. The van der Waals surface area contributed by atoms with E-state index in [0.717, 1.165) is 38.0 Å². The first kappa shape index (κ1) is 21.5. The number of nitrogens with one attached hydrogen (secondary N) is 2. The first-order valence-electron chi connectivity index (χ1n) is 9.55. The number of halogens is 2. The number of pyridine rings is 1. The number of ether oxygens (including phenoxy) is 1. The van der Waals surface area contributed by atoms with Crippen LogP contribution < -0.4 is 15.4 Å². The fourth-order valence-electron chi connectivity index (χ4n) is 3.47. The molecule has 4 rings (SSSR count). The Morgan fingerprint density at radius 1 is 1.16 bits per heavy atom. The van der Waals surface area contributed by atoms with Gasteiger partial charge >= 0.3 is 6.03 Å². The molecule has 0 saturated heterocycles. The molecule has 31 heavy (non-hydrogen) atoms. The van der Waals surface area contributed by atoms with Gasteiger partial charge in [-0.15, -0.1) is 0 Å². The predicted molar refractivity (Wildman–Crippen MR) is 133 cm³/mol. The molecule has 2 aromatic carbocycles. The third-order valence-electron chi connectivity index (χ3n) is 4.95. The van der Waals surface area contributed by atoms with E-state index in [4.69, 9.17) is 16.3 Å². The van der Waals surface area contributed by atoms with E-state index in [1.165, 1.54) is 0 Å². The second-order valence-electron chi connectivity index (χ2n) is 7.04. The van der Waals surface area contributed by atoms with Gasteiger partial charge < -0.3 is 19.9 Å². The van der Waals surface area contributed by atoms with Crippen LogP contribution >= 0.6 is 34.2 Å². The summed E-state index contributed by atoms with van der Waals surface area (Å²) < 4.78 is 8.42. The highest BCUT2D eigenvalue weighted by Crippen LogP contribution is 2.31. The van der Waals surface area contributed by atoms with Gasteiger partial charge in [0.1, 0.15) is 9.45 Å². The molecule has 0 atom stereocenters. The minimum Gasteiger partial charge on any atom is -0.495 e. The summed E-state index contributed by atoms with van der Waals surface area (Å²) in [7, 11) is 1.55. The number of aromatic nitrogens is 2. The highest BCUT2D eigenvalue weighted by molar-refractivity contribution is 14.1. The highest BCUT2D eigenvalue weighted by atomic mass is 127. The van der Waals surface area contributed by atoms with E-state index < -0.39 is 0 Å². The molecule has 2 N–H and O–H groups in total. The van der Waals surface area contributed by atoms with Gasteiger partial charge in [-0.1, -0.05) is 17.7 Å². The third kappa shape index (κ3) is 4.77. The minimum absolute atomic E-state index is 0.368. The van der Waals surface area contributed by atoms with Crippen LogP contribution in [0.4, 0.5) is 16.2 Å². The lowest BCUT2D eigenvalue weighted by Gasteiger charge is -2.14. The van der Waals surface area contributed by atoms with Gasteiger partial charge in [0.25, 0.3) is 0 Å². The summed E-state index contributed by atoms with van der Waals surface area (Å²) in [5.74, 6) is 0.535. The largest absolute Gasteiger partial charge is 0.495 e. The Morgan fingerprint density at radius 2 is 2.00 bits per heavy atom. The predicted octanol–water partition coefficient (Wildman–Crippen LogP) is 6.30. The maximum Gasteiger partial charge on any atom is 0.323 e. The average molecular weight is 547 g/mol. The third-order valence-corrected chi connectivity index (χ3v) is 5.78. The first-order valence-corrected chi connectivity index (χ1v) is 11.0. The van der Waals surface area contributed by atoms with Gasteiger partial charge in [-0.05, 0) is 83.1 Å². The molecular formula is C23H20ClIN4O2. The maximum atomic E-state index is 12.8. The topological polar surface area (TPSA) is 68.2 Å². The Bertz CT molecular complexity index is 1270. The normalized spacial score (nSPS) is 10.8. The summed E-state index contributed by atoms with van der Waals surface area (Å²) in [6, 6.07) is 14.9. The van der Waals surface area contributed by atoms with Crippen LogP contribution in [0.15, 0.2) is 60.9 Å². The summed E-state index contributed by atoms with van der Waals surface area (Å²) in [5, 5.41) is 7.29. The number of hydrogen-bond donors (Lipinski definition) is 2. The van der Waals surface area contributed by atoms with Gasteiger partial charge in [0, 0.05) is 29.3 Å². The summed E-state index contributed by atoms with van der Waals surface area (Å²) in [4.78, 5) is 17.0. The first-order chi connectivity index (χ1) is 14.9. The minimum atomic E-state index is -0.368. The summed E-state index contributed by atoms with van der Waals surface area (Å²) in [6.07, 6.45) is 3.84. The van der Waals surface area contributed by atoms with E-state index in [1.54, 1.807) is 25.3 Å². The van der Waals surface area contributed by atoms with E-state index in [-0.39, 0.29) is 6.03 Å². The van der Waals surface area contributed by atoms with Crippen molar-refractivity contribution in [3.05, 3.63) is 80.8 Å². The summed E-state index contributed by atoms with van der Waals surface area (Å²) in [5.41, 5.74) is 4.43. The van der Waals surface area contributed by atoms with Gasteiger partial charge in [-0.2, -0.15) is 0 Å². The molecule has 0 aliphatic rings. The van der Waals surface area contributed by atoms with Crippen LogP contribution in [0, 0.1) is 10.6 Å². The van der Waals surface area contributed by atoms with Gasteiger partial charge in [0.2, 0.25) is 0 Å². The van der Waals surface area contributed by atoms with Crippen LogP contribution in [0.1, 0.15) is 11.1 Å². The number of nitrogens with zero attached hydrogens (tertiary/aromatic N) is 2. The molecule has 8 heteroatoms. The van der Waals surface area contributed by atoms with Crippen LogP contribution in [0.2, 0.25) is 5.02 Å². The number of carbonyl (C=O) groups is 1. The van der Waals surface area contributed by atoms with E-state index >= 15 is 0 Å². The second-order valence-corrected chi connectivity index (χ2v) is 8.59. The van der Waals surface area contributed by atoms with E-state index in [9.17, 15) is 4.79 Å². The number of rotatable bonds is 5. The molecule has 0 spiro atoms. The van der Waals surface area contributed by atoms with Gasteiger partial charge in [0.05, 0.1) is 24.0 Å². The van der Waals surface area contributed by atoms with Crippen molar-refractivity contribution in [2.45, 2.75) is 13.5 Å². The summed E-state index contributed by atoms with van der Waals surface area (Å²) in [6.45, 7) is 2.69. The number of benzene rings is 2. The number of aryl methyl sites for hydroxylation is 1. The fourth-order valence-corrected chi connectivity index (χ4v) is 4.20. The standard InChI is InChI=1S/C23H20ClIN4O2/c1-14-3-5-19-17(8-10-29(19)13-15-7-9-26-21(25)11-15)22(14)28-23(30)27-18-12-16(24)4-6-20(18)31-2/h3-12H,13H2,1-2H3,(H2,27,28,30). The number of fused-ring (bicyclic) bond motifs is 1. The second kappa shape index (κ2) is 9.15. The van der Waals surface area contributed by atoms with Crippen molar-refractivity contribution in [3.8, 4) is 5.75 Å². The number of methoxy groups -OCH3 is 1. The van der Waals surface area contributed by atoms with Crippen LogP contribution in [-0.2, 0) is 6.54 Å². The van der Waals surface area contributed by atoms with Gasteiger partial charge in [-0.3, -0.25) is 4.98 Å². The Labute approximate surface area is 198 Å². The Hall–Kier alpha value is -2.78. The monoisotopic (exact) mass is 546 g/mol. The number of amides is 2. The van der Waals surface area contributed by atoms with E-state index in [1.807, 2.05) is 37.5 Å². The highest BCUT2D eigenvalue weighted by Gasteiger charge is 2.14. The Balaban J connectivity index is 1.61. The molecule has 0 unspecified atom stereocenters. The lowest BCUT2D eigenvalue weighted by Crippen LogP contribution is -2.20. The quantitative estimate of drug-likeness (QED) is 0.228. The van der Waals surface area contributed by atoms with Crippen LogP contribution in [0.5, 0.6) is 5.75 Å². The molecule has 2 heterocycles. The van der Waals surface area contributed by atoms with Crippen molar-refractivity contribution in [3.63, 3.8) is 0 Å². The molecule has 0 saturated carbocycles. The molecule has 0 aliphatic carbocycles. The molecule has 4 aromatic rings. The average Bonchev–Trinajstić information content (AvgIpc) is 3.13. The zero-order valence-corrected chi connectivity index (χ0v) is 19.9. The SMILES string of the molecule is COc1ccc(Cl)cc1NC(=O)Nc1c(C)ccc2c1ccn2Cc1ccnc(I)c1. The van der Waals surface area contributed by atoms with Crippen LogP contribution in [0.3, 0.4) is 0 Å². The number of anilines is 2. The molecule has 158 valence electrons. The lowest BCUT2D eigenvalue weighted by atomic mass is 10.1. The molecule has 6 nitrogen and oxygen atoms in total. The molecule has 2 aromatic heterocycles. The summed E-state index contributed by atoms with van der Waals surface area (Å²) >= 11 is 8.28. The number of urea groups is 1. The Morgan fingerprint density at radius 3 is 2.77 bits per heavy atom. The van der Waals surface area contributed by atoms with Crippen molar-refractivity contribution in [2.75, 3.05) is 17.7 Å². The van der Waals surface area contributed by atoms with E-state index in [0.29, 0.717) is 16.5 Å².